The molecule has 0 unspecified atom stereocenters. The molecule has 0 aliphatic rings. The molecule has 0 spiro atoms. The summed E-state index contributed by atoms with van der Waals surface area (Å²) in [5.41, 5.74) is 3.82. The first-order chi connectivity index (χ1) is 12.2. The number of nitrogens with zero attached hydrogens (tertiary/aromatic N) is 2. The normalized spacial score (nSPS) is 10.6. The number of hydrogen-bond donors (Lipinski definition) is 0. The third-order valence-corrected chi connectivity index (χ3v) is 4.99. The molecule has 1 aromatic heterocycles. The molecule has 0 radical (unpaired) electrons. The number of thioether (sulfide) groups is 1. The first kappa shape index (κ1) is 17.6. The van der Waals surface area contributed by atoms with Gasteiger partial charge in [0.25, 0.3) is 0 Å². The van der Waals surface area contributed by atoms with E-state index in [-0.39, 0.29) is 5.78 Å². The Morgan fingerprint density at radius 2 is 1.68 bits per heavy atom. The molecule has 0 fully saturated rings. The monoisotopic (exact) mass is 368 g/mol. The molecule has 0 bridgehead atoms. The number of ketones is 1. The third kappa shape index (κ3) is 4.68. The molecule has 126 valence electrons. The summed E-state index contributed by atoms with van der Waals surface area (Å²) >= 11 is 7.22. The van der Waals surface area contributed by atoms with Crippen molar-refractivity contribution in [1.29, 1.82) is 0 Å². The van der Waals surface area contributed by atoms with Crippen LogP contribution in [0.1, 0.15) is 22.8 Å². The lowest BCUT2D eigenvalue weighted by Gasteiger charge is -2.04. The second kappa shape index (κ2) is 8.28. The van der Waals surface area contributed by atoms with Crippen molar-refractivity contribution in [2.75, 3.05) is 5.75 Å². The van der Waals surface area contributed by atoms with Gasteiger partial charge in [-0.25, -0.2) is 0 Å². The van der Waals surface area contributed by atoms with E-state index < -0.39 is 0 Å². The number of halogens is 1. The molecule has 0 atom stereocenters. The smallest absolute Gasteiger partial charge is 0.173 e. The van der Waals surface area contributed by atoms with Crippen molar-refractivity contribution < 1.29 is 4.79 Å². The van der Waals surface area contributed by atoms with Crippen molar-refractivity contribution in [1.82, 2.24) is 10.2 Å². The van der Waals surface area contributed by atoms with Gasteiger partial charge in [-0.3, -0.25) is 4.79 Å². The van der Waals surface area contributed by atoms with Gasteiger partial charge in [0.05, 0.1) is 11.4 Å². The molecular weight excluding hydrogens is 352 g/mol. The molecule has 2 aromatic carbocycles. The highest BCUT2D eigenvalue weighted by Gasteiger charge is 2.08. The highest BCUT2D eigenvalue weighted by atomic mass is 35.5. The van der Waals surface area contributed by atoms with Crippen molar-refractivity contribution >= 4 is 29.1 Å². The van der Waals surface area contributed by atoms with Crippen LogP contribution in [0, 0.1) is 0 Å². The number of hydrogen-bond acceptors (Lipinski definition) is 4. The fraction of sp³-hybridized carbons (Fsp3) is 0.150. The molecule has 1 heterocycles. The minimum Gasteiger partial charge on any atom is -0.293 e. The number of carbonyl (C=O) groups excluding carboxylic acids is 1. The second-order valence-electron chi connectivity index (χ2n) is 5.53. The van der Waals surface area contributed by atoms with Crippen LogP contribution >= 0.6 is 23.4 Å². The zero-order chi connectivity index (χ0) is 17.6. The van der Waals surface area contributed by atoms with Crippen LogP contribution in [0.2, 0.25) is 5.02 Å². The van der Waals surface area contributed by atoms with Gasteiger partial charge in [0.2, 0.25) is 0 Å². The molecule has 0 amide bonds. The van der Waals surface area contributed by atoms with Gasteiger partial charge in [0, 0.05) is 16.1 Å². The fourth-order valence-electron chi connectivity index (χ4n) is 2.32. The van der Waals surface area contributed by atoms with Crippen molar-refractivity contribution in [3.63, 3.8) is 0 Å². The highest BCUT2D eigenvalue weighted by Crippen LogP contribution is 2.21. The summed E-state index contributed by atoms with van der Waals surface area (Å²) in [5, 5.41) is 9.84. The van der Waals surface area contributed by atoms with Gasteiger partial charge < -0.3 is 0 Å². The summed E-state index contributed by atoms with van der Waals surface area (Å²) in [6.07, 6.45) is 1.02. The van der Waals surface area contributed by atoms with Gasteiger partial charge in [-0.2, -0.15) is 0 Å². The van der Waals surface area contributed by atoms with Crippen LogP contribution in [0.5, 0.6) is 0 Å². The standard InChI is InChI=1S/C20H17ClN2OS/c1-2-14-3-5-15(6-4-14)18-11-12-20(23-22-18)25-13-19(24)16-7-9-17(21)10-8-16/h3-12H,2,13H2,1H3. The minimum atomic E-state index is 0.0442. The van der Waals surface area contributed by atoms with Crippen LogP contribution in [0.15, 0.2) is 65.7 Å². The molecule has 0 N–H and O–H groups in total. The Kier molecular flexibility index (Phi) is 5.84. The van der Waals surface area contributed by atoms with E-state index in [1.54, 1.807) is 24.3 Å². The average Bonchev–Trinajstić information content (AvgIpc) is 2.67. The Labute approximate surface area is 156 Å². The van der Waals surface area contributed by atoms with Crippen molar-refractivity contribution in [2.24, 2.45) is 0 Å². The van der Waals surface area contributed by atoms with Crippen LogP contribution in [0.3, 0.4) is 0 Å². The SMILES string of the molecule is CCc1ccc(-c2ccc(SCC(=O)c3ccc(Cl)cc3)nn2)cc1. The maximum Gasteiger partial charge on any atom is 0.173 e. The van der Waals surface area contributed by atoms with E-state index in [9.17, 15) is 4.79 Å². The Morgan fingerprint density at radius 1 is 0.960 bits per heavy atom. The summed E-state index contributed by atoms with van der Waals surface area (Å²) in [4.78, 5) is 12.2. The number of rotatable bonds is 6. The molecule has 3 aromatic rings. The van der Waals surface area contributed by atoms with Crippen LogP contribution in [-0.4, -0.2) is 21.7 Å². The van der Waals surface area contributed by atoms with Crippen LogP contribution < -0.4 is 0 Å². The number of aryl methyl sites for hydroxylation is 1. The zero-order valence-corrected chi connectivity index (χ0v) is 15.3. The number of benzene rings is 2. The topological polar surface area (TPSA) is 42.9 Å². The van der Waals surface area contributed by atoms with E-state index in [0.29, 0.717) is 16.3 Å². The van der Waals surface area contributed by atoms with Gasteiger partial charge in [-0.05, 0) is 48.4 Å². The van der Waals surface area contributed by atoms with Gasteiger partial charge in [0.1, 0.15) is 5.03 Å². The maximum atomic E-state index is 12.2. The molecular formula is C20H17ClN2OS. The third-order valence-electron chi connectivity index (χ3n) is 3.82. The van der Waals surface area contributed by atoms with Gasteiger partial charge in [-0.1, -0.05) is 54.6 Å². The van der Waals surface area contributed by atoms with E-state index in [2.05, 4.69) is 41.4 Å². The molecule has 0 aliphatic carbocycles. The lowest BCUT2D eigenvalue weighted by molar-refractivity contribution is 0.102. The molecule has 0 saturated heterocycles. The first-order valence-corrected chi connectivity index (χ1v) is 9.36. The van der Waals surface area contributed by atoms with Crippen LogP contribution in [0.25, 0.3) is 11.3 Å². The summed E-state index contributed by atoms with van der Waals surface area (Å²) in [5.74, 6) is 0.364. The number of Topliss-reactive ketones (excluding diaryl/α,β-unsaturated/α-hetero) is 1. The quantitative estimate of drug-likeness (QED) is 0.435. The number of carbonyl (C=O) groups is 1. The Hall–Kier alpha value is -2.17. The van der Waals surface area contributed by atoms with E-state index in [1.807, 2.05) is 12.1 Å². The van der Waals surface area contributed by atoms with Crippen molar-refractivity contribution in [2.45, 2.75) is 18.4 Å². The zero-order valence-electron chi connectivity index (χ0n) is 13.8. The Morgan fingerprint density at radius 3 is 2.28 bits per heavy atom. The second-order valence-corrected chi connectivity index (χ2v) is 6.96. The molecule has 0 aliphatic heterocycles. The molecule has 25 heavy (non-hydrogen) atoms. The Balaban J connectivity index is 1.62. The molecule has 3 nitrogen and oxygen atoms in total. The largest absolute Gasteiger partial charge is 0.293 e. The van der Waals surface area contributed by atoms with Crippen molar-refractivity contribution in [3.05, 3.63) is 76.8 Å². The van der Waals surface area contributed by atoms with E-state index in [4.69, 9.17) is 11.6 Å². The van der Waals surface area contributed by atoms with Crippen molar-refractivity contribution in [3.8, 4) is 11.3 Å². The summed E-state index contributed by atoms with van der Waals surface area (Å²) < 4.78 is 0. The predicted octanol–water partition coefficient (Wildman–Crippen LogP) is 5.33. The number of aromatic nitrogens is 2. The molecule has 3 rings (SSSR count). The summed E-state index contributed by atoms with van der Waals surface area (Å²) in [6, 6.07) is 19.1. The maximum absolute atomic E-state index is 12.2. The molecule has 0 saturated carbocycles. The van der Waals surface area contributed by atoms with E-state index in [1.165, 1.54) is 17.3 Å². The summed E-state index contributed by atoms with van der Waals surface area (Å²) in [6.45, 7) is 2.13. The summed E-state index contributed by atoms with van der Waals surface area (Å²) in [7, 11) is 0. The minimum absolute atomic E-state index is 0.0442. The van der Waals surface area contributed by atoms with E-state index in [0.717, 1.165) is 22.7 Å². The van der Waals surface area contributed by atoms with E-state index >= 15 is 0 Å². The lowest BCUT2D eigenvalue weighted by atomic mass is 10.1. The highest BCUT2D eigenvalue weighted by molar-refractivity contribution is 7.99. The molecule has 5 heteroatoms. The van der Waals surface area contributed by atoms with Crippen LogP contribution in [0.4, 0.5) is 0 Å². The lowest BCUT2D eigenvalue weighted by Crippen LogP contribution is -2.02. The fourth-order valence-corrected chi connectivity index (χ4v) is 3.16. The first-order valence-electron chi connectivity index (χ1n) is 8.00. The van der Waals surface area contributed by atoms with Crippen LogP contribution in [-0.2, 0) is 6.42 Å². The predicted molar refractivity (Wildman–Crippen MR) is 103 cm³/mol. The Bertz CT molecular complexity index is 846. The average molecular weight is 369 g/mol. The van der Waals surface area contributed by atoms with Gasteiger partial charge in [-0.15, -0.1) is 10.2 Å². The van der Waals surface area contributed by atoms with Gasteiger partial charge >= 0.3 is 0 Å². The van der Waals surface area contributed by atoms with Gasteiger partial charge in [0.15, 0.2) is 5.78 Å².